The molecule has 0 fully saturated rings. The Hall–Kier alpha value is -2.85. The van der Waals surface area contributed by atoms with Gasteiger partial charge in [0.1, 0.15) is 5.58 Å². The zero-order valence-electron chi connectivity index (χ0n) is 13.7. The number of hydrogen-bond acceptors (Lipinski definition) is 3. The summed E-state index contributed by atoms with van der Waals surface area (Å²) in [6.07, 6.45) is 0. The Balaban J connectivity index is 1.90. The fraction of sp³-hybridized carbons (Fsp3) is 0.0455. The van der Waals surface area contributed by atoms with Crippen molar-refractivity contribution in [2.45, 2.75) is 5.92 Å². The van der Waals surface area contributed by atoms with Crippen LogP contribution in [-0.2, 0) is 0 Å². The van der Waals surface area contributed by atoms with Gasteiger partial charge in [-0.2, -0.15) is 0 Å². The van der Waals surface area contributed by atoms with E-state index in [4.69, 9.17) is 4.42 Å². The molecule has 0 saturated heterocycles. The Kier molecular flexibility index (Phi) is 3.47. The second-order valence-corrected chi connectivity index (χ2v) is 7.29. The molecule has 26 heavy (non-hydrogen) atoms. The lowest BCUT2D eigenvalue weighted by atomic mass is 9.81. The molecule has 0 amide bonds. The summed E-state index contributed by atoms with van der Waals surface area (Å²) >= 11 is 3.56. The maximum Gasteiger partial charge on any atom is 0.342 e. The minimum atomic E-state index is -0.300. The van der Waals surface area contributed by atoms with Gasteiger partial charge in [0.05, 0.1) is 11.3 Å². The van der Waals surface area contributed by atoms with Gasteiger partial charge in [0.2, 0.25) is 0 Å². The fourth-order valence-corrected chi connectivity index (χ4v) is 4.11. The highest BCUT2D eigenvalue weighted by Crippen LogP contribution is 2.46. The summed E-state index contributed by atoms with van der Waals surface area (Å²) in [6, 6.07) is 23.8. The number of fused-ring (bicyclic) bond motifs is 4. The van der Waals surface area contributed by atoms with Gasteiger partial charge in [-0.05, 0) is 41.5 Å². The maximum absolute atomic E-state index is 12.9. The van der Waals surface area contributed by atoms with Crippen molar-refractivity contribution in [3.63, 3.8) is 0 Å². The van der Waals surface area contributed by atoms with Gasteiger partial charge in [-0.3, -0.25) is 0 Å². The second kappa shape index (κ2) is 5.85. The highest BCUT2D eigenvalue weighted by Gasteiger charge is 2.32. The molecule has 0 aliphatic carbocycles. The van der Waals surface area contributed by atoms with Crippen LogP contribution >= 0.6 is 15.9 Å². The molecule has 1 aliphatic heterocycles. The first-order valence-electron chi connectivity index (χ1n) is 8.39. The third kappa shape index (κ3) is 2.30. The summed E-state index contributed by atoms with van der Waals surface area (Å²) in [6.45, 7) is 0. The second-order valence-electron chi connectivity index (χ2n) is 6.37. The molecule has 5 rings (SSSR count). The van der Waals surface area contributed by atoms with E-state index < -0.39 is 0 Å². The first kappa shape index (κ1) is 15.4. The molecule has 3 aromatic carbocycles. The number of anilines is 2. The van der Waals surface area contributed by atoms with Crippen LogP contribution in [0.15, 0.2) is 86.5 Å². The topological polar surface area (TPSA) is 42.2 Å². The number of nitrogens with one attached hydrogen (secondary N) is 1. The lowest BCUT2D eigenvalue weighted by Crippen LogP contribution is -2.22. The van der Waals surface area contributed by atoms with E-state index in [2.05, 4.69) is 39.4 Å². The highest BCUT2D eigenvalue weighted by atomic mass is 79.9. The van der Waals surface area contributed by atoms with Gasteiger partial charge in [0.25, 0.3) is 0 Å². The first-order valence-corrected chi connectivity index (χ1v) is 9.19. The summed E-state index contributed by atoms with van der Waals surface area (Å²) in [5.41, 5.74) is 4.91. The van der Waals surface area contributed by atoms with E-state index in [0.29, 0.717) is 11.1 Å². The summed E-state index contributed by atoms with van der Waals surface area (Å²) in [7, 11) is 0. The third-order valence-electron chi connectivity index (χ3n) is 4.85. The van der Waals surface area contributed by atoms with Crippen molar-refractivity contribution in [2.75, 3.05) is 5.32 Å². The Morgan fingerprint density at radius 1 is 0.923 bits per heavy atom. The maximum atomic E-state index is 12.9. The van der Waals surface area contributed by atoms with Gasteiger partial charge in [0, 0.05) is 21.5 Å². The molecular formula is C22H14BrNO2. The van der Waals surface area contributed by atoms with Gasteiger partial charge in [0.15, 0.2) is 0 Å². The van der Waals surface area contributed by atoms with Crippen molar-refractivity contribution in [1.29, 1.82) is 0 Å². The van der Waals surface area contributed by atoms with Crippen molar-refractivity contribution >= 4 is 38.3 Å². The molecule has 126 valence electrons. The van der Waals surface area contributed by atoms with Crippen molar-refractivity contribution in [3.8, 4) is 0 Å². The largest absolute Gasteiger partial charge is 0.422 e. The standard InChI is InChI=1S/C22H14BrNO2/c23-14-10-11-17-16(12-14)19(13-6-2-1-3-7-13)20-21(24-17)15-8-4-5-9-18(15)26-22(20)25/h1-12,19,24H. The Morgan fingerprint density at radius 2 is 1.69 bits per heavy atom. The average Bonchev–Trinajstić information content (AvgIpc) is 2.67. The molecule has 4 aromatic rings. The monoisotopic (exact) mass is 403 g/mol. The van der Waals surface area contributed by atoms with Crippen molar-refractivity contribution in [2.24, 2.45) is 0 Å². The summed E-state index contributed by atoms with van der Waals surface area (Å²) in [5, 5.41) is 4.38. The van der Waals surface area contributed by atoms with Crippen LogP contribution in [0.25, 0.3) is 11.0 Å². The van der Waals surface area contributed by atoms with Crippen LogP contribution in [0.2, 0.25) is 0 Å². The average molecular weight is 404 g/mol. The first-order chi connectivity index (χ1) is 12.7. The SMILES string of the molecule is O=c1oc2ccccc2c2c1C(c1ccccc1)c1cc(Br)ccc1N2. The Labute approximate surface area is 158 Å². The van der Waals surface area contributed by atoms with Crippen LogP contribution < -0.4 is 10.9 Å². The molecule has 3 nitrogen and oxygen atoms in total. The summed E-state index contributed by atoms with van der Waals surface area (Å²) in [5.74, 6) is -0.180. The molecule has 2 heterocycles. The summed E-state index contributed by atoms with van der Waals surface area (Å²) in [4.78, 5) is 12.9. The van der Waals surface area contributed by atoms with Crippen molar-refractivity contribution in [3.05, 3.63) is 104 Å². The predicted molar refractivity (Wildman–Crippen MR) is 107 cm³/mol. The van der Waals surface area contributed by atoms with E-state index in [-0.39, 0.29) is 11.5 Å². The van der Waals surface area contributed by atoms with Crippen molar-refractivity contribution < 1.29 is 4.42 Å². The van der Waals surface area contributed by atoms with Gasteiger partial charge in [-0.15, -0.1) is 0 Å². The zero-order chi connectivity index (χ0) is 17.7. The molecule has 0 bridgehead atoms. The number of benzene rings is 3. The quantitative estimate of drug-likeness (QED) is 0.360. The highest BCUT2D eigenvalue weighted by molar-refractivity contribution is 9.10. The third-order valence-corrected chi connectivity index (χ3v) is 5.35. The van der Waals surface area contributed by atoms with E-state index in [0.717, 1.165) is 32.4 Å². The number of para-hydroxylation sites is 1. The molecule has 0 radical (unpaired) electrons. The molecule has 1 atom stereocenters. The van der Waals surface area contributed by atoms with Gasteiger partial charge in [-0.25, -0.2) is 4.79 Å². The predicted octanol–water partition coefficient (Wildman–Crippen LogP) is 5.79. The minimum absolute atomic E-state index is 0.180. The van der Waals surface area contributed by atoms with Crippen LogP contribution in [-0.4, -0.2) is 0 Å². The van der Waals surface area contributed by atoms with E-state index >= 15 is 0 Å². The van der Waals surface area contributed by atoms with Crippen LogP contribution in [0.4, 0.5) is 11.4 Å². The number of rotatable bonds is 1. The molecule has 1 unspecified atom stereocenters. The minimum Gasteiger partial charge on any atom is -0.422 e. The molecule has 0 saturated carbocycles. The smallest absolute Gasteiger partial charge is 0.342 e. The Morgan fingerprint density at radius 3 is 2.54 bits per heavy atom. The lowest BCUT2D eigenvalue weighted by Gasteiger charge is -2.29. The van der Waals surface area contributed by atoms with Crippen LogP contribution in [0.3, 0.4) is 0 Å². The molecule has 1 aliphatic rings. The molecule has 4 heteroatoms. The van der Waals surface area contributed by atoms with Crippen LogP contribution in [0.5, 0.6) is 0 Å². The van der Waals surface area contributed by atoms with E-state index in [1.807, 2.05) is 54.6 Å². The van der Waals surface area contributed by atoms with Crippen LogP contribution in [0.1, 0.15) is 22.6 Å². The normalized spacial score (nSPS) is 15.2. The Bertz CT molecular complexity index is 1200. The van der Waals surface area contributed by atoms with Crippen LogP contribution in [0, 0.1) is 0 Å². The lowest BCUT2D eigenvalue weighted by molar-refractivity contribution is 0.549. The van der Waals surface area contributed by atoms with Gasteiger partial charge in [-0.1, -0.05) is 58.4 Å². The number of halogens is 1. The molecule has 1 N–H and O–H groups in total. The van der Waals surface area contributed by atoms with E-state index in [1.165, 1.54) is 0 Å². The zero-order valence-corrected chi connectivity index (χ0v) is 15.3. The van der Waals surface area contributed by atoms with Gasteiger partial charge >= 0.3 is 5.63 Å². The number of hydrogen-bond donors (Lipinski definition) is 1. The van der Waals surface area contributed by atoms with E-state index in [1.54, 1.807) is 0 Å². The summed E-state index contributed by atoms with van der Waals surface area (Å²) < 4.78 is 6.63. The van der Waals surface area contributed by atoms with Crippen molar-refractivity contribution in [1.82, 2.24) is 0 Å². The van der Waals surface area contributed by atoms with Gasteiger partial charge < -0.3 is 9.73 Å². The fourth-order valence-electron chi connectivity index (χ4n) is 3.73. The molecular weight excluding hydrogens is 390 g/mol. The van der Waals surface area contributed by atoms with E-state index in [9.17, 15) is 4.79 Å². The molecule has 0 spiro atoms. The molecule has 1 aromatic heterocycles.